The van der Waals surface area contributed by atoms with Crippen LogP contribution in [0.25, 0.3) is 0 Å². The zero-order valence-corrected chi connectivity index (χ0v) is 20.6. The fourth-order valence-electron chi connectivity index (χ4n) is 3.11. The van der Waals surface area contributed by atoms with Crippen LogP contribution in [-0.2, 0) is 4.79 Å². The van der Waals surface area contributed by atoms with Gasteiger partial charge in [-0.2, -0.15) is 0 Å². The average molecular weight is 519 g/mol. The fourth-order valence-corrected chi connectivity index (χ4v) is 4.04. The number of carbonyl (C=O) groups is 1. The van der Waals surface area contributed by atoms with Crippen LogP contribution in [-0.4, -0.2) is 54.2 Å². The molecule has 158 valence electrons. The summed E-state index contributed by atoms with van der Waals surface area (Å²) >= 11 is 1.85. The molecule has 7 heteroatoms. The van der Waals surface area contributed by atoms with Gasteiger partial charge in [0.2, 0.25) is 5.91 Å². The molecule has 1 atom stereocenters. The second-order valence-corrected chi connectivity index (χ2v) is 8.87. The Hall–Kier alpha value is -0.960. The first kappa shape index (κ1) is 25.1. The molecule has 1 amide bonds. The standard InChI is InChI=1S/C21H34N4OS.HI/c1-5-22-21(23-15-17(4)27-19-9-7-6-8-10-19)24-18-11-13-25(14-12-18)20(26)16(2)3;/h6-10,16-18H,5,11-15H2,1-4H3,(H2,22,23,24);1H. The minimum atomic E-state index is 0. The molecule has 1 aliphatic rings. The molecular weight excluding hydrogens is 483 g/mol. The van der Waals surface area contributed by atoms with Crippen LogP contribution in [0.3, 0.4) is 0 Å². The third-order valence-electron chi connectivity index (χ3n) is 4.57. The van der Waals surface area contributed by atoms with Gasteiger partial charge < -0.3 is 15.5 Å². The summed E-state index contributed by atoms with van der Waals surface area (Å²) in [7, 11) is 0. The van der Waals surface area contributed by atoms with Crippen LogP contribution in [0.15, 0.2) is 40.2 Å². The number of nitrogens with one attached hydrogen (secondary N) is 2. The molecule has 1 aromatic carbocycles. The molecule has 1 aromatic rings. The molecule has 0 bridgehead atoms. The summed E-state index contributed by atoms with van der Waals surface area (Å²) in [4.78, 5) is 20.2. The quantitative estimate of drug-likeness (QED) is 0.248. The van der Waals surface area contributed by atoms with Gasteiger partial charge in [-0.3, -0.25) is 9.79 Å². The number of benzene rings is 1. The summed E-state index contributed by atoms with van der Waals surface area (Å²) in [6.45, 7) is 11.5. The lowest BCUT2D eigenvalue weighted by Crippen LogP contribution is -2.50. The average Bonchev–Trinajstić information content (AvgIpc) is 2.67. The van der Waals surface area contributed by atoms with E-state index in [0.29, 0.717) is 11.3 Å². The van der Waals surface area contributed by atoms with Crippen LogP contribution in [0.4, 0.5) is 0 Å². The van der Waals surface area contributed by atoms with Crippen molar-refractivity contribution >= 4 is 47.6 Å². The van der Waals surface area contributed by atoms with Gasteiger partial charge >= 0.3 is 0 Å². The van der Waals surface area contributed by atoms with Gasteiger partial charge in [-0.05, 0) is 31.9 Å². The van der Waals surface area contributed by atoms with E-state index in [-0.39, 0.29) is 35.8 Å². The third kappa shape index (κ3) is 8.59. The Balaban J connectivity index is 0.00000392. The van der Waals surface area contributed by atoms with E-state index in [4.69, 9.17) is 4.99 Å². The van der Waals surface area contributed by atoms with Crippen LogP contribution in [0, 0.1) is 5.92 Å². The topological polar surface area (TPSA) is 56.7 Å². The number of likely N-dealkylation sites (tertiary alicyclic amines) is 1. The van der Waals surface area contributed by atoms with Gasteiger partial charge in [0.05, 0.1) is 6.54 Å². The van der Waals surface area contributed by atoms with E-state index in [1.54, 1.807) is 0 Å². The third-order valence-corrected chi connectivity index (χ3v) is 5.67. The fraction of sp³-hybridized carbons (Fsp3) is 0.619. The first-order valence-corrected chi connectivity index (χ1v) is 10.9. The van der Waals surface area contributed by atoms with Gasteiger partial charge in [0.15, 0.2) is 5.96 Å². The van der Waals surface area contributed by atoms with Crippen molar-refractivity contribution in [2.75, 3.05) is 26.2 Å². The highest BCUT2D eigenvalue weighted by Crippen LogP contribution is 2.22. The highest BCUT2D eigenvalue weighted by molar-refractivity contribution is 14.0. The Labute approximate surface area is 191 Å². The van der Waals surface area contributed by atoms with Crippen molar-refractivity contribution < 1.29 is 4.79 Å². The second-order valence-electron chi connectivity index (χ2n) is 7.36. The van der Waals surface area contributed by atoms with Crippen molar-refractivity contribution in [3.05, 3.63) is 30.3 Å². The SMILES string of the molecule is CCNC(=NCC(C)Sc1ccccc1)NC1CCN(C(=O)C(C)C)CC1.I. The van der Waals surface area contributed by atoms with E-state index >= 15 is 0 Å². The number of rotatable bonds is 7. The number of hydrogen-bond acceptors (Lipinski definition) is 3. The first-order chi connectivity index (χ1) is 13.0. The summed E-state index contributed by atoms with van der Waals surface area (Å²) in [6, 6.07) is 10.8. The smallest absolute Gasteiger partial charge is 0.225 e. The first-order valence-electron chi connectivity index (χ1n) is 10.0. The number of amides is 1. The van der Waals surface area contributed by atoms with Crippen LogP contribution in [0.5, 0.6) is 0 Å². The molecule has 1 saturated heterocycles. The summed E-state index contributed by atoms with van der Waals surface area (Å²) < 4.78 is 0. The zero-order valence-electron chi connectivity index (χ0n) is 17.5. The number of nitrogens with zero attached hydrogens (tertiary/aromatic N) is 2. The highest BCUT2D eigenvalue weighted by Gasteiger charge is 2.24. The number of halogens is 1. The highest BCUT2D eigenvalue weighted by atomic mass is 127. The molecule has 2 N–H and O–H groups in total. The van der Waals surface area contributed by atoms with E-state index in [9.17, 15) is 4.79 Å². The van der Waals surface area contributed by atoms with Gasteiger partial charge in [-0.15, -0.1) is 35.7 Å². The maximum atomic E-state index is 12.1. The lowest BCUT2D eigenvalue weighted by atomic mass is 10.0. The van der Waals surface area contributed by atoms with Gasteiger partial charge in [-0.1, -0.05) is 39.0 Å². The lowest BCUT2D eigenvalue weighted by Gasteiger charge is -2.34. The van der Waals surface area contributed by atoms with Gasteiger partial charge in [0.1, 0.15) is 0 Å². The Morgan fingerprint density at radius 3 is 2.43 bits per heavy atom. The van der Waals surface area contributed by atoms with Gasteiger partial charge in [-0.25, -0.2) is 0 Å². The number of aliphatic imine (C=N–C) groups is 1. The Kier molecular flexibility index (Phi) is 11.9. The van der Waals surface area contributed by atoms with E-state index in [2.05, 4.69) is 48.7 Å². The van der Waals surface area contributed by atoms with E-state index in [0.717, 1.165) is 45.0 Å². The lowest BCUT2D eigenvalue weighted by molar-refractivity contribution is -0.135. The molecule has 2 rings (SSSR count). The molecule has 28 heavy (non-hydrogen) atoms. The maximum absolute atomic E-state index is 12.1. The minimum Gasteiger partial charge on any atom is -0.357 e. The van der Waals surface area contributed by atoms with E-state index in [1.807, 2.05) is 36.6 Å². The zero-order chi connectivity index (χ0) is 19.6. The van der Waals surface area contributed by atoms with E-state index in [1.165, 1.54) is 4.90 Å². The minimum absolute atomic E-state index is 0. The molecule has 5 nitrogen and oxygen atoms in total. The maximum Gasteiger partial charge on any atom is 0.225 e. The van der Waals surface area contributed by atoms with Crippen LogP contribution in [0.2, 0.25) is 0 Å². The Morgan fingerprint density at radius 2 is 1.86 bits per heavy atom. The Bertz CT molecular complexity index is 604. The predicted molar refractivity (Wildman–Crippen MR) is 131 cm³/mol. The summed E-state index contributed by atoms with van der Waals surface area (Å²) in [5, 5.41) is 7.32. The van der Waals surface area contributed by atoms with Gasteiger partial charge in [0, 0.05) is 41.7 Å². The second kappa shape index (κ2) is 13.3. The van der Waals surface area contributed by atoms with Crippen molar-refractivity contribution in [3.63, 3.8) is 0 Å². The number of carbonyl (C=O) groups excluding carboxylic acids is 1. The summed E-state index contributed by atoms with van der Waals surface area (Å²) in [6.07, 6.45) is 1.94. The molecular formula is C21H35IN4OS. The van der Waals surface area contributed by atoms with Crippen molar-refractivity contribution in [1.29, 1.82) is 0 Å². The number of thioether (sulfide) groups is 1. The molecule has 1 heterocycles. The number of guanidine groups is 1. The van der Waals surface area contributed by atoms with Gasteiger partial charge in [0.25, 0.3) is 0 Å². The van der Waals surface area contributed by atoms with Crippen LogP contribution in [0.1, 0.15) is 40.5 Å². The molecule has 0 aromatic heterocycles. The van der Waals surface area contributed by atoms with Crippen molar-refractivity contribution in [2.24, 2.45) is 10.9 Å². The molecule has 0 spiro atoms. The predicted octanol–water partition coefficient (Wildman–Crippen LogP) is 3.99. The van der Waals surface area contributed by atoms with Crippen molar-refractivity contribution in [1.82, 2.24) is 15.5 Å². The molecule has 1 aliphatic heterocycles. The molecule has 0 radical (unpaired) electrons. The van der Waals surface area contributed by atoms with Crippen LogP contribution >= 0.6 is 35.7 Å². The summed E-state index contributed by atoms with van der Waals surface area (Å²) in [5.41, 5.74) is 0. The molecule has 1 fully saturated rings. The van der Waals surface area contributed by atoms with Crippen molar-refractivity contribution in [3.8, 4) is 0 Å². The van der Waals surface area contributed by atoms with E-state index < -0.39 is 0 Å². The largest absolute Gasteiger partial charge is 0.357 e. The molecule has 0 aliphatic carbocycles. The number of piperidine rings is 1. The van der Waals surface area contributed by atoms with Crippen molar-refractivity contribution in [2.45, 2.75) is 56.7 Å². The normalized spacial score (nSPS) is 16.5. The Morgan fingerprint density at radius 1 is 1.21 bits per heavy atom. The summed E-state index contributed by atoms with van der Waals surface area (Å²) in [5.74, 6) is 1.23. The van der Waals surface area contributed by atoms with Crippen LogP contribution < -0.4 is 10.6 Å². The number of hydrogen-bond donors (Lipinski definition) is 2. The monoisotopic (exact) mass is 518 g/mol. The molecule has 0 saturated carbocycles. The molecule has 1 unspecified atom stereocenters.